The fourth-order valence-electron chi connectivity index (χ4n) is 0.913. The van der Waals surface area contributed by atoms with Crippen molar-refractivity contribution in [3.63, 3.8) is 0 Å². The predicted octanol–water partition coefficient (Wildman–Crippen LogP) is 2.55. The molecule has 0 aliphatic rings. The van der Waals surface area contributed by atoms with Crippen molar-refractivity contribution in [2.75, 3.05) is 0 Å². The zero-order valence-corrected chi connectivity index (χ0v) is 9.23. The van der Waals surface area contributed by atoms with Gasteiger partial charge in [-0.05, 0) is 15.9 Å². The van der Waals surface area contributed by atoms with Crippen LogP contribution in [0.1, 0.15) is 5.82 Å². The molecule has 1 rings (SSSR count). The maximum Gasteiger partial charge on any atom is 0.433 e. The number of hydrogen-bond donors (Lipinski definition) is 1. The average Bonchev–Trinajstić information content (AvgIpc) is 2.14. The highest BCUT2D eigenvalue weighted by atomic mass is 79.9. The van der Waals surface area contributed by atoms with E-state index in [0.29, 0.717) is 12.4 Å². The highest BCUT2D eigenvalue weighted by Crippen LogP contribution is 2.48. The monoisotopic (exact) mass is 324 g/mol. The van der Waals surface area contributed by atoms with E-state index < -0.39 is 23.8 Å². The van der Waals surface area contributed by atoms with Gasteiger partial charge in [0.15, 0.2) is 5.82 Å². The summed E-state index contributed by atoms with van der Waals surface area (Å²) < 4.78 is 74.0. The standard InChI is InChI=1S/C7H3BrF6N2O/c8-3-1-15-4(16-2-3)5(17,6(9,10)11)7(12,13)14/h1-2,17H. The SMILES string of the molecule is OC(c1ncc(Br)cn1)(C(F)(F)F)C(F)(F)F. The van der Waals surface area contributed by atoms with Crippen LogP contribution in [0.15, 0.2) is 16.9 Å². The maximum atomic E-state index is 12.3. The zero-order chi connectivity index (χ0) is 13.5. The first-order valence-corrected chi connectivity index (χ1v) is 4.63. The van der Waals surface area contributed by atoms with Crippen LogP contribution in [0.5, 0.6) is 0 Å². The van der Waals surface area contributed by atoms with E-state index in [0.717, 1.165) is 0 Å². The molecule has 17 heavy (non-hydrogen) atoms. The van der Waals surface area contributed by atoms with E-state index in [4.69, 9.17) is 5.11 Å². The third-order valence-electron chi connectivity index (χ3n) is 1.76. The molecule has 0 spiro atoms. The fraction of sp³-hybridized carbons (Fsp3) is 0.429. The number of rotatable bonds is 1. The quantitative estimate of drug-likeness (QED) is 0.807. The van der Waals surface area contributed by atoms with Gasteiger partial charge in [0.1, 0.15) is 0 Å². The van der Waals surface area contributed by atoms with Crippen molar-refractivity contribution in [3.05, 3.63) is 22.7 Å². The maximum absolute atomic E-state index is 12.3. The summed E-state index contributed by atoms with van der Waals surface area (Å²) in [5.74, 6) is -1.78. The van der Waals surface area contributed by atoms with Crippen LogP contribution in [0.2, 0.25) is 0 Å². The molecule has 0 fully saturated rings. The minimum atomic E-state index is -5.97. The van der Waals surface area contributed by atoms with Crippen molar-refractivity contribution >= 4 is 15.9 Å². The number of hydrogen-bond acceptors (Lipinski definition) is 3. The van der Waals surface area contributed by atoms with Gasteiger partial charge in [-0.2, -0.15) is 26.3 Å². The Kier molecular flexibility index (Phi) is 3.41. The molecule has 0 aromatic carbocycles. The highest BCUT2D eigenvalue weighted by Gasteiger charge is 2.73. The summed E-state index contributed by atoms with van der Waals surface area (Å²) >= 11 is 2.74. The lowest BCUT2D eigenvalue weighted by Gasteiger charge is -2.30. The van der Waals surface area contributed by atoms with Crippen LogP contribution in [-0.4, -0.2) is 27.4 Å². The summed E-state index contributed by atoms with van der Waals surface area (Å²) in [5.41, 5.74) is -5.08. The molecule has 0 aliphatic heterocycles. The molecule has 1 heterocycles. The highest BCUT2D eigenvalue weighted by molar-refractivity contribution is 9.10. The molecule has 0 atom stereocenters. The smallest absolute Gasteiger partial charge is 0.367 e. The Bertz CT molecular complexity index is 386. The third-order valence-corrected chi connectivity index (χ3v) is 2.17. The van der Waals surface area contributed by atoms with Crippen LogP contribution in [0.25, 0.3) is 0 Å². The minimum Gasteiger partial charge on any atom is -0.367 e. The van der Waals surface area contributed by atoms with Gasteiger partial charge in [0.05, 0.1) is 4.47 Å². The molecular formula is C7H3BrF6N2O. The fourth-order valence-corrected chi connectivity index (χ4v) is 1.12. The molecule has 3 nitrogen and oxygen atoms in total. The summed E-state index contributed by atoms with van der Waals surface area (Å²) in [6.07, 6.45) is -10.6. The topological polar surface area (TPSA) is 46.0 Å². The Morgan fingerprint density at radius 1 is 0.941 bits per heavy atom. The first-order chi connectivity index (χ1) is 7.50. The molecule has 0 saturated heterocycles. The molecule has 0 aliphatic carbocycles. The lowest BCUT2D eigenvalue weighted by Crippen LogP contribution is -2.55. The largest absolute Gasteiger partial charge is 0.433 e. The summed E-state index contributed by atoms with van der Waals surface area (Å²) in [5, 5.41) is 8.86. The summed E-state index contributed by atoms with van der Waals surface area (Å²) in [6, 6.07) is 0. The van der Waals surface area contributed by atoms with Gasteiger partial charge in [0.2, 0.25) is 0 Å². The second kappa shape index (κ2) is 4.09. The Balaban J connectivity index is 3.41. The van der Waals surface area contributed by atoms with Crippen LogP contribution < -0.4 is 0 Å². The van der Waals surface area contributed by atoms with Gasteiger partial charge in [0.25, 0.3) is 0 Å². The van der Waals surface area contributed by atoms with Crippen LogP contribution in [0.3, 0.4) is 0 Å². The van der Waals surface area contributed by atoms with E-state index in [-0.39, 0.29) is 4.47 Å². The first kappa shape index (κ1) is 14.2. The molecule has 0 amide bonds. The Hall–Kier alpha value is -0.900. The van der Waals surface area contributed by atoms with E-state index in [1.165, 1.54) is 0 Å². The Labute approximate surface area is 98.6 Å². The molecule has 0 radical (unpaired) electrons. The number of alkyl halides is 6. The van der Waals surface area contributed by atoms with Crippen LogP contribution >= 0.6 is 15.9 Å². The molecule has 0 saturated carbocycles. The Morgan fingerprint density at radius 3 is 1.59 bits per heavy atom. The molecule has 0 unspecified atom stereocenters. The summed E-state index contributed by atoms with van der Waals surface area (Å²) in [7, 11) is 0. The number of halogens is 7. The van der Waals surface area contributed by atoms with Gasteiger partial charge in [-0.25, -0.2) is 9.97 Å². The van der Waals surface area contributed by atoms with E-state index in [1.807, 2.05) is 0 Å². The van der Waals surface area contributed by atoms with Gasteiger partial charge in [0, 0.05) is 12.4 Å². The summed E-state index contributed by atoms with van der Waals surface area (Å²) in [4.78, 5) is 5.67. The predicted molar refractivity (Wildman–Crippen MR) is 45.7 cm³/mol. The van der Waals surface area contributed by atoms with Crippen molar-refractivity contribution in [1.29, 1.82) is 0 Å². The third kappa shape index (κ3) is 2.37. The molecule has 1 aromatic heterocycles. The van der Waals surface area contributed by atoms with E-state index in [2.05, 4.69) is 25.9 Å². The number of aliphatic hydroxyl groups is 1. The number of nitrogens with zero attached hydrogens (tertiary/aromatic N) is 2. The number of aromatic nitrogens is 2. The lowest BCUT2D eigenvalue weighted by atomic mass is 10.0. The van der Waals surface area contributed by atoms with E-state index in [9.17, 15) is 26.3 Å². The van der Waals surface area contributed by atoms with Gasteiger partial charge < -0.3 is 5.11 Å². The minimum absolute atomic E-state index is 0.0768. The van der Waals surface area contributed by atoms with Gasteiger partial charge in [-0.1, -0.05) is 0 Å². The molecule has 1 aromatic rings. The van der Waals surface area contributed by atoms with Crippen LogP contribution in [-0.2, 0) is 5.60 Å². The molecular weight excluding hydrogens is 322 g/mol. The second-order valence-electron chi connectivity index (χ2n) is 2.93. The van der Waals surface area contributed by atoms with Crippen molar-refractivity contribution in [3.8, 4) is 0 Å². The van der Waals surface area contributed by atoms with Crippen LogP contribution in [0.4, 0.5) is 26.3 Å². The Morgan fingerprint density at radius 2 is 1.29 bits per heavy atom. The van der Waals surface area contributed by atoms with Gasteiger partial charge in [-0.15, -0.1) is 0 Å². The molecule has 1 N–H and O–H groups in total. The van der Waals surface area contributed by atoms with Crippen molar-refractivity contribution < 1.29 is 31.4 Å². The van der Waals surface area contributed by atoms with Crippen molar-refractivity contribution in [2.45, 2.75) is 18.0 Å². The van der Waals surface area contributed by atoms with E-state index in [1.54, 1.807) is 0 Å². The van der Waals surface area contributed by atoms with Crippen LogP contribution in [0, 0.1) is 0 Å². The van der Waals surface area contributed by atoms with Crippen molar-refractivity contribution in [1.82, 2.24) is 9.97 Å². The molecule has 10 heteroatoms. The average molecular weight is 325 g/mol. The molecule has 96 valence electrons. The molecule has 0 bridgehead atoms. The normalized spacial score (nSPS) is 13.9. The van der Waals surface area contributed by atoms with Gasteiger partial charge in [-0.3, -0.25) is 0 Å². The van der Waals surface area contributed by atoms with Gasteiger partial charge >= 0.3 is 18.0 Å². The summed E-state index contributed by atoms with van der Waals surface area (Å²) in [6.45, 7) is 0. The zero-order valence-electron chi connectivity index (χ0n) is 7.64. The van der Waals surface area contributed by atoms with Crippen molar-refractivity contribution in [2.24, 2.45) is 0 Å². The second-order valence-corrected chi connectivity index (χ2v) is 3.85. The van der Waals surface area contributed by atoms with E-state index >= 15 is 0 Å². The lowest BCUT2D eigenvalue weighted by molar-refractivity contribution is -0.378. The first-order valence-electron chi connectivity index (χ1n) is 3.84.